The molecule has 2 aliphatic carbocycles. The highest BCUT2D eigenvalue weighted by Gasteiger charge is 2.47. The maximum atomic E-state index is 13.4. The Morgan fingerprint density at radius 1 is 1.14 bits per heavy atom. The number of ether oxygens (including phenoxy) is 2. The van der Waals surface area contributed by atoms with Crippen molar-refractivity contribution in [2.45, 2.75) is 74.4 Å². The number of aliphatic carboxylic acids is 1. The Hall–Kier alpha value is -3.25. The van der Waals surface area contributed by atoms with Gasteiger partial charge in [-0.3, -0.25) is 9.69 Å². The number of benzene rings is 2. The van der Waals surface area contributed by atoms with E-state index in [2.05, 4.69) is 17.0 Å². The van der Waals surface area contributed by atoms with E-state index in [1.165, 1.54) is 16.0 Å². The number of aryl methyl sites for hydroxylation is 1. The lowest BCUT2D eigenvalue weighted by atomic mass is 9.68. The van der Waals surface area contributed by atoms with Gasteiger partial charge in [-0.2, -0.15) is 0 Å². The summed E-state index contributed by atoms with van der Waals surface area (Å²) in [6.45, 7) is 2.70. The first-order valence-corrected chi connectivity index (χ1v) is 18.6. The van der Waals surface area contributed by atoms with Crippen molar-refractivity contribution in [2.24, 2.45) is 11.8 Å². The van der Waals surface area contributed by atoms with Gasteiger partial charge in [-0.05, 0) is 97.7 Å². The second-order valence-corrected chi connectivity index (χ2v) is 15.9. The number of carbonyl (C=O) groups excluding carboxylic acids is 1. The van der Waals surface area contributed by atoms with Gasteiger partial charge in [0.25, 0.3) is 5.92 Å². The summed E-state index contributed by atoms with van der Waals surface area (Å²) in [5.74, 6) is -3.48. The van der Waals surface area contributed by atoms with Crippen LogP contribution in [0.1, 0.15) is 61.6 Å². The Morgan fingerprint density at radius 3 is 2.71 bits per heavy atom. The molecule has 1 saturated carbocycles. The summed E-state index contributed by atoms with van der Waals surface area (Å²) in [5.41, 5.74) is 0.479. The maximum Gasteiger partial charge on any atom is 0.340 e. The molecule has 276 valence electrons. The fourth-order valence-electron chi connectivity index (χ4n) is 8.78. The van der Waals surface area contributed by atoms with Crippen LogP contribution in [0.25, 0.3) is 0 Å². The highest BCUT2D eigenvalue weighted by atomic mass is 35.5. The van der Waals surface area contributed by atoms with Gasteiger partial charge in [-0.25, -0.2) is 13.6 Å². The molecule has 0 aromatic heterocycles. The highest BCUT2D eigenvalue weighted by Crippen LogP contribution is 2.48. The molecule has 2 aromatic rings. The minimum absolute atomic E-state index is 0.134. The minimum Gasteiger partial charge on any atom is -0.490 e. The van der Waals surface area contributed by atoms with E-state index in [0.29, 0.717) is 68.7 Å². The SMILES string of the molecule is CN1CC/C=C/[C@H](OCCCN2CC(F)(F)C2)[C@@H]2CC[C@H]2CN2C[C@@]3(CCCc4cc(Cl)ccc43)COc3ccc(cc32)[C@@](O)(C(=O)O)CC1=O. The number of rotatable bonds is 6. The number of likely N-dealkylation sites (tertiary alicyclic amines) is 1. The van der Waals surface area contributed by atoms with Crippen LogP contribution in [0.2, 0.25) is 5.02 Å². The average molecular weight is 728 g/mol. The molecule has 9 nitrogen and oxygen atoms in total. The summed E-state index contributed by atoms with van der Waals surface area (Å²) in [6, 6.07) is 11.1. The van der Waals surface area contributed by atoms with E-state index < -0.39 is 29.8 Å². The summed E-state index contributed by atoms with van der Waals surface area (Å²) < 4.78 is 39.8. The third kappa shape index (κ3) is 7.36. The number of amides is 1. The van der Waals surface area contributed by atoms with Gasteiger partial charge in [0.1, 0.15) is 5.75 Å². The number of alkyl halides is 2. The van der Waals surface area contributed by atoms with Crippen molar-refractivity contribution in [1.29, 1.82) is 0 Å². The zero-order valence-electron chi connectivity index (χ0n) is 29.2. The number of fused-ring (bicyclic) bond motifs is 4. The quantitative estimate of drug-likeness (QED) is 0.291. The van der Waals surface area contributed by atoms with Crippen LogP contribution in [-0.2, 0) is 31.8 Å². The smallest absolute Gasteiger partial charge is 0.340 e. The highest BCUT2D eigenvalue weighted by molar-refractivity contribution is 6.30. The number of nitrogens with zero attached hydrogens (tertiary/aromatic N) is 3. The molecular formula is C39H48ClF2N3O6. The van der Waals surface area contributed by atoms with Crippen LogP contribution in [0.15, 0.2) is 48.6 Å². The van der Waals surface area contributed by atoms with Gasteiger partial charge in [0.15, 0.2) is 5.60 Å². The van der Waals surface area contributed by atoms with Crippen molar-refractivity contribution < 1.29 is 38.1 Å². The number of halogens is 3. The number of aliphatic hydroxyl groups is 1. The normalized spacial score (nSPS) is 31.4. The number of hydrogen-bond acceptors (Lipinski definition) is 7. The summed E-state index contributed by atoms with van der Waals surface area (Å²) in [4.78, 5) is 31.5. The lowest BCUT2D eigenvalue weighted by molar-refractivity contribution is -0.164. The Kier molecular flexibility index (Phi) is 10.1. The molecule has 1 saturated heterocycles. The Labute approximate surface area is 303 Å². The van der Waals surface area contributed by atoms with Crippen LogP contribution in [0.4, 0.5) is 14.5 Å². The molecular weight excluding hydrogens is 680 g/mol. The van der Waals surface area contributed by atoms with Crippen molar-refractivity contribution in [2.75, 3.05) is 64.4 Å². The largest absolute Gasteiger partial charge is 0.490 e. The van der Waals surface area contributed by atoms with Gasteiger partial charge in [-0.1, -0.05) is 35.9 Å². The van der Waals surface area contributed by atoms with E-state index in [0.717, 1.165) is 32.1 Å². The van der Waals surface area contributed by atoms with Gasteiger partial charge in [0.2, 0.25) is 5.91 Å². The van der Waals surface area contributed by atoms with Crippen molar-refractivity contribution in [3.63, 3.8) is 0 Å². The van der Waals surface area contributed by atoms with Crippen molar-refractivity contribution in [3.8, 4) is 5.75 Å². The molecule has 5 atom stereocenters. The molecule has 3 heterocycles. The van der Waals surface area contributed by atoms with Crippen LogP contribution in [-0.4, -0.2) is 103 Å². The molecule has 2 fully saturated rings. The lowest BCUT2D eigenvalue weighted by Gasteiger charge is -2.46. The predicted molar refractivity (Wildman–Crippen MR) is 190 cm³/mol. The second kappa shape index (κ2) is 14.3. The molecule has 1 amide bonds. The maximum absolute atomic E-state index is 13.4. The Balaban J connectivity index is 1.22. The lowest BCUT2D eigenvalue weighted by Crippen LogP contribution is -2.56. The van der Waals surface area contributed by atoms with Gasteiger partial charge >= 0.3 is 5.97 Å². The second-order valence-electron chi connectivity index (χ2n) is 15.4. The first kappa shape index (κ1) is 36.1. The van der Waals surface area contributed by atoms with Gasteiger partial charge < -0.3 is 29.5 Å². The van der Waals surface area contributed by atoms with E-state index in [-0.39, 0.29) is 42.0 Å². The van der Waals surface area contributed by atoms with E-state index in [9.17, 15) is 28.6 Å². The van der Waals surface area contributed by atoms with Crippen LogP contribution in [0, 0.1) is 11.8 Å². The fourth-order valence-corrected chi connectivity index (χ4v) is 8.98. The van der Waals surface area contributed by atoms with Crippen molar-refractivity contribution in [1.82, 2.24) is 9.80 Å². The number of anilines is 1. The van der Waals surface area contributed by atoms with Gasteiger partial charge in [0.05, 0.1) is 37.9 Å². The Morgan fingerprint density at radius 2 is 1.96 bits per heavy atom. The molecule has 7 rings (SSSR count). The fraction of sp³-hybridized carbons (Fsp3) is 0.590. The molecule has 2 N–H and O–H groups in total. The van der Waals surface area contributed by atoms with Gasteiger partial charge in [0, 0.05) is 50.3 Å². The third-order valence-corrected chi connectivity index (χ3v) is 12.1. The molecule has 2 bridgehead atoms. The summed E-state index contributed by atoms with van der Waals surface area (Å²) in [5, 5.41) is 22.7. The van der Waals surface area contributed by atoms with E-state index in [4.69, 9.17) is 21.1 Å². The number of hydrogen-bond donors (Lipinski definition) is 2. The molecule has 1 spiro atoms. The van der Waals surface area contributed by atoms with E-state index in [1.54, 1.807) is 30.1 Å². The predicted octanol–water partition coefficient (Wildman–Crippen LogP) is 5.65. The summed E-state index contributed by atoms with van der Waals surface area (Å²) >= 11 is 6.44. The minimum atomic E-state index is -2.59. The van der Waals surface area contributed by atoms with E-state index in [1.807, 2.05) is 18.2 Å². The third-order valence-electron chi connectivity index (χ3n) is 11.9. The summed E-state index contributed by atoms with van der Waals surface area (Å²) in [7, 11) is 1.61. The monoisotopic (exact) mass is 727 g/mol. The summed E-state index contributed by atoms with van der Waals surface area (Å²) in [6.07, 6.45) is 9.26. The van der Waals surface area contributed by atoms with Crippen LogP contribution < -0.4 is 9.64 Å². The van der Waals surface area contributed by atoms with Crippen LogP contribution >= 0.6 is 11.6 Å². The average Bonchev–Trinajstić information content (AvgIpc) is 3.21. The van der Waals surface area contributed by atoms with Crippen LogP contribution in [0.3, 0.4) is 0 Å². The molecule has 12 heteroatoms. The van der Waals surface area contributed by atoms with Crippen molar-refractivity contribution in [3.05, 3.63) is 70.3 Å². The molecule has 2 aromatic carbocycles. The molecule has 0 radical (unpaired) electrons. The first-order chi connectivity index (χ1) is 24.4. The first-order valence-electron chi connectivity index (χ1n) is 18.3. The van der Waals surface area contributed by atoms with E-state index >= 15 is 0 Å². The number of carboxylic acid groups (broad SMARTS) is 1. The molecule has 3 aliphatic heterocycles. The van der Waals surface area contributed by atoms with Crippen molar-refractivity contribution >= 4 is 29.2 Å². The van der Waals surface area contributed by atoms with Crippen LogP contribution in [0.5, 0.6) is 5.75 Å². The zero-order chi connectivity index (χ0) is 36.0. The zero-order valence-corrected chi connectivity index (χ0v) is 29.9. The Bertz CT molecular complexity index is 1670. The number of carbonyl (C=O) groups is 2. The number of carboxylic acids is 1. The molecule has 51 heavy (non-hydrogen) atoms. The van der Waals surface area contributed by atoms with Gasteiger partial charge in [-0.15, -0.1) is 0 Å². The molecule has 5 aliphatic rings. The standard InChI is InChI=1S/C39H48ClF2N3O6/c1-43-15-3-2-7-33(50-17-5-16-44-23-38(41,42)24-44)30-11-8-27(30)21-45-22-37(14-4-6-26-18-29(40)10-12-31(26)37)25-51-34-13-9-28(19-32(34)45)39(49,36(47)48)20-35(43)46/h2,7,9-10,12-13,18-19,27,30,33,49H,3-6,8,11,14-17,20-25H2,1H3,(H,47,48)/b7-2+/t27-,30+,33-,37-,39+/m0/s1. The topological polar surface area (TPSA) is 103 Å². The molecule has 0 unspecified atom stereocenters.